The third-order valence-corrected chi connectivity index (χ3v) is 7.31. The van der Waals surface area contributed by atoms with Crippen molar-refractivity contribution in [3.05, 3.63) is 41.9 Å². The second-order valence-corrected chi connectivity index (χ2v) is 9.48. The Kier molecular flexibility index (Phi) is 4.05. The molecule has 1 aliphatic heterocycles. The van der Waals surface area contributed by atoms with E-state index in [0.717, 1.165) is 42.3 Å². The predicted molar refractivity (Wildman–Crippen MR) is 126 cm³/mol. The molecule has 4 N–H and O–H groups in total. The molecule has 3 fully saturated rings. The van der Waals surface area contributed by atoms with Gasteiger partial charge in [-0.1, -0.05) is 12.1 Å². The van der Waals surface area contributed by atoms with Crippen LogP contribution in [0.3, 0.4) is 0 Å². The first-order valence-electron chi connectivity index (χ1n) is 11.7. The molecule has 2 aromatic heterocycles. The van der Waals surface area contributed by atoms with E-state index in [1.165, 1.54) is 24.0 Å². The van der Waals surface area contributed by atoms with Crippen molar-refractivity contribution >= 4 is 17.5 Å². The second kappa shape index (κ2) is 7.02. The van der Waals surface area contributed by atoms with Crippen molar-refractivity contribution < 1.29 is 4.74 Å². The van der Waals surface area contributed by atoms with Crippen molar-refractivity contribution in [2.45, 2.75) is 31.3 Å². The molecular formula is C24H26N8O. The third-order valence-electron chi connectivity index (χ3n) is 7.31. The fraction of sp³-hybridized carbons (Fsp3) is 0.417. The summed E-state index contributed by atoms with van der Waals surface area (Å²) in [7, 11) is 1.96. The van der Waals surface area contributed by atoms with Gasteiger partial charge in [-0.3, -0.25) is 0 Å². The van der Waals surface area contributed by atoms with Crippen LogP contribution in [0.5, 0.6) is 11.8 Å². The maximum Gasteiger partial charge on any atom is 0.324 e. The van der Waals surface area contributed by atoms with E-state index >= 15 is 0 Å². The molecule has 3 aromatic rings. The molecule has 3 heterocycles. The van der Waals surface area contributed by atoms with E-state index in [0.29, 0.717) is 41.6 Å². The number of ether oxygens (including phenoxy) is 1. The number of nitrogens with two attached hydrogens (primary N) is 1. The maximum absolute atomic E-state index is 6.21. The smallest absolute Gasteiger partial charge is 0.324 e. The van der Waals surface area contributed by atoms with Gasteiger partial charge in [-0.15, -0.1) is 0 Å². The number of aromatic nitrogens is 4. The molecule has 0 amide bonds. The fourth-order valence-corrected chi connectivity index (χ4v) is 5.27. The van der Waals surface area contributed by atoms with Crippen LogP contribution in [0.25, 0.3) is 11.1 Å². The van der Waals surface area contributed by atoms with Gasteiger partial charge in [-0.05, 0) is 41.9 Å². The van der Waals surface area contributed by atoms with E-state index in [2.05, 4.69) is 43.7 Å². The van der Waals surface area contributed by atoms with E-state index in [9.17, 15) is 0 Å². The summed E-state index contributed by atoms with van der Waals surface area (Å²) in [4.78, 5) is 20.8. The molecule has 0 spiro atoms. The quantitative estimate of drug-likeness (QED) is 0.414. The standard InChI is InChI=1S/C24H26N8O/c1-26-18-4-2-3-14-15(18)7-19-20(14)22(32-10-16-17(11-32)21(16)25)31-24(30-19)33-13-8-27-23(28-9-13)29-12-5-6-12/h2-4,8-9,12,16-17,21,26H,5-7,10-11,25H2,1H3,(H,27,28,29). The number of anilines is 3. The Labute approximate surface area is 191 Å². The van der Waals surface area contributed by atoms with Gasteiger partial charge in [0.25, 0.3) is 0 Å². The first-order valence-corrected chi connectivity index (χ1v) is 11.7. The summed E-state index contributed by atoms with van der Waals surface area (Å²) in [5.74, 6) is 3.21. The highest BCUT2D eigenvalue weighted by Gasteiger charge is 2.54. The van der Waals surface area contributed by atoms with Crippen LogP contribution in [0, 0.1) is 11.8 Å². The number of nitrogens with zero attached hydrogens (tertiary/aromatic N) is 5. The molecule has 0 radical (unpaired) electrons. The van der Waals surface area contributed by atoms with Crippen LogP contribution in [-0.2, 0) is 6.42 Å². The summed E-state index contributed by atoms with van der Waals surface area (Å²) < 4.78 is 6.05. The summed E-state index contributed by atoms with van der Waals surface area (Å²) in [6, 6.07) is 7.52. The number of rotatable bonds is 6. The normalized spacial score (nSPS) is 24.2. The van der Waals surface area contributed by atoms with Crippen molar-refractivity contribution in [3.8, 4) is 22.9 Å². The van der Waals surface area contributed by atoms with E-state index in [1.807, 2.05) is 7.05 Å². The van der Waals surface area contributed by atoms with Gasteiger partial charge in [0, 0.05) is 49.9 Å². The SMILES string of the molecule is CNc1cccc2c1Cc1nc(Oc3cnc(NC4CC4)nc3)nc(N3CC4C(N)C4C3)c1-2. The number of hydrogen-bond acceptors (Lipinski definition) is 9. The molecule has 7 rings (SSSR count). The molecule has 2 atom stereocenters. The molecule has 3 aliphatic carbocycles. The Morgan fingerprint density at radius 1 is 1.09 bits per heavy atom. The Balaban J connectivity index is 1.24. The molecule has 33 heavy (non-hydrogen) atoms. The second-order valence-electron chi connectivity index (χ2n) is 9.48. The summed E-state index contributed by atoms with van der Waals surface area (Å²) in [6.07, 6.45) is 6.44. The number of nitrogens with one attached hydrogen (secondary N) is 2. The van der Waals surface area contributed by atoms with Gasteiger partial charge in [0.05, 0.1) is 18.1 Å². The first-order chi connectivity index (χ1) is 16.2. The van der Waals surface area contributed by atoms with Crippen molar-refractivity contribution in [3.63, 3.8) is 0 Å². The fourth-order valence-electron chi connectivity index (χ4n) is 5.27. The van der Waals surface area contributed by atoms with Gasteiger partial charge in [0.1, 0.15) is 5.82 Å². The number of fused-ring (bicyclic) bond motifs is 4. The lowest BCUT2D eigenvalue weighted by atomic mass is 10.1. The highest BCUT2D eigenvalue weighted by molar-refractivity contribution is 5.88. The van der Waals surface area contributed by atoms with Crippen LogP contribution in [-0.4, -0.2) is 52.2 Å². The lowest BCUT2D eigenvalue weighted by molar-refractivity contribution is 0.436. The molecule has 1 aromatic carbocycles. The Morgan fingerprint density at radius 2 is 1.88 bits per heavy atom. The monoisotopic (exact) mass is 442 g/mol. The Bertz CT molecular complexity index is 1230. The minimum Gasteiger partial charge on any atom is -0.421 e. The molecule has 2 saturated carbocycles. The zero-order valence-corrected chi connectivity index (χ0v) is 18.5. The average Bonchev–Trinajstić information content (AvgIpc) is 3.63. The van der Waals surface area contributed by atoms with Gasteiger partial charge < -0.3 is 26.0 Å². The van der Waals surface area contributed by atoms with Crippen LogP contribution in [0.1, 0.15) is 24.1 Å². The number of piperidine rings is 1. The lowest BCUT2D eigenvalue weighted by Crippen LogP contribution is -2.29. The third kappa shape index (κ3) is 3.18. The van der Waals surface area contributed by atoms with Crippen molar-refractivity contribution in [1.29, 1.82) is 0 Å². The average molecular weight is 443 g/mol. The van der Waals surface area contributed by atoms with Crippen molar-refractivity contribution in [2.75, 3.05) is 35.7 Å². The van der Waals surface area contributed by atoms with Crippen LogP contribution in [0.15, 0.2) is 30.6 Å². The van der Waals surface area contributed by atoms with Crippen LogP contribution >= 0.6 is 0 Å². The highest BCUT2D eigenvalue weighted by Crippen LogP contribution is 2.50. The summed E-state index contributed by atoms with van der Waals surface area (Å²) in [5.41, 5.74) is 11.9. The molecular weight excluding hydrogens is 416 g/mol. The molecule has 0 bridgehead atoms. The van der Waals surface area contributed by atoms with E-state index in [4.69, 9.17) is 20.4 Å². The minimum absolute atomic E-state index is 0.329. The highest BCUT2D eigenvalue weighted by atomic mass is 16.5. The topological polar surface area (TPSA) is 114 Å². The molecule has 9 nitrogen and oxygen atoms in total. The summed E-state index contributed by atoms with van der Waals surface area (Å²) in [6.45, 7) is 1.86. The van der Waals surface area contributed by atoms with E-state index in [1.54, 1.807) is 12.4 Å². The van der Waals surface area contributed by atoms with Gasteiger partial charge >= 0.3 is 6.01 Å². The summed E-state index contributed by atoms with van der Waals surface area (Å²) in [5, 5.41) is 6.60. The van der Waals surface area contributed by atoms with Gasteiger partial charge in [0.2, 0.25) is 5.95 Å². The summed E-state index contributed by atoms with van der Waals surface area (Å²) >= 11 is 0. The zero-order valence-electron chi connectivity index (χ0n) is 18.5. The van der Waals surface area contributed by atoms with Crippen molar-refractivity contribution in [1.82, 2.24) is 19.9 Å². The molecule has 4 aliphatic rings. The first kappa shape index (κ1) is 19.0. The Hall–Kier alpha value is -3.46. The number of hydrogen-bond donors (Lipinski definition) is 3. The van der Waals surface area contributed by atoms with Gasteiger partial charge in [-0.2, -0.15) is 9.97 Å². The predicted octanol–water partition coefficient (Wildman–Crippen LogP) is 2.64. The molecule has 9 heteroatoms. The van der Waals surface area contributed by atoms with E-state index in [-0.39, 0.29) is 0 Å². The minimum atomic E-state index is 0.329. The maximum atomic E-state index is 6.21. The molecule has 168 valence electrons. The van der Waals surface area contributed by atoms with Gasteiger partial charge in [-0.25, -0.2) is 9.97 Å². The Morgan fingerprint density at radius 3 is 2.61 bits per heavy atom. The molecule has 1 saturated heterocycles. The van der Waals surface area contributed by atoms with E-state index < -0.39 is 0 Å². The van der Waals surface area contributed by atoms with Crippen LogP contribution in [0.4, 0.5) is 17.5 Å². The van der Waals surface area contributed by atoms with Gasteiger partial charge in [0.15, 0.2) is 5.75 Å². The van der Waals surface area contributed by atoms with Crippen LogP contribution in [0.2, 0.25) is 0 Å². The molecule has 2 unspecified atom stereocenters. The van der Waals surface area contributed by atoms with Crippen molar-refractivity contribution in [2.24, 2.45) is 17.6 Å². The largest absolute Gasteiger partial charge is 0.421 e. The zero-order chi connectivity index (χ0) is 22.1. The lowest BCUT2D eigenvalue weighted by Gasteiger charge is -2.23. The van der Waals surface area contributed by atoms with Crippen LogP contribution < -0.4 is 26.0 Å². The number of benzene rings is 1.